The van der Waals surface area contributed by atoms with Gasteiger partial charge in [-0.05, 0) is 40.8 Å². The van der Waals surface area contributed by atoms with Crippen molar-refractivity contribution in [1.29, 1.82) is 5.41 Å². The molecule has 0 saturated carbocycles. The molecular weight excluding hydrogens is 348 g/mol. The summed E-state index contributed by atoms with van der Waals surface area (Å²) in [4.78, 5) is 3.91. The Morgan fingerprint density at radius 3 is 2.78 bits per heavy atom. The fourth-order valence-corrected chi connectivity index (χ4v) is 1.76. The predicted octanol–water partition coefficient (Wildman–Crippen LogP) is 3.36. The molecule has 0 atom stereocenters. The maximum Gasteiger partial charge on any atom is 0.167 e. The molecule has 2 rings (SSSR count). The first-order valence-corrected chi connectivity index (χ1v) is 6.07. The van der Waals surface area contributed by atoms with E-state index < -0.39 is 5.82 Å². The van der Waals surface area contributed by atoms with E-state index in [0.717, 1.165) is 0 Å². The molecule has 1 heterocycles. The van der Waals surface area contributed by atoms with Gasteiger partial charge in [0.2, 0.25) is 0 Å². The van der Waals surface area contributed by atoms with Crippen LogP contribution >= 0.6 is 22.6 Å². The fraction of sp³-hybridized carbons (Fsp3) is 0. The predicted molar refractivity (Wildman–Crippen MR) is 76.0 cm³/mol. The highest BCUT2D eigenvalue weighted by Gasteiger charge is 2.10. The van der Waals surface area contributed by atoms with Crippen molar-refractivity contribution in [1.82, 2.24) is 4.98 Å². The zero-order valence-corrected chi connectivity index (χ0v) is 11.3. The largest absolute Gasteiger partial charge is 0.453 e. The topological polar surface area (TPSA) is 72.0 Å². The van der Waals surface area contributed by atoms with Crippen molar-refractivity contribution in [2.45, 2.75) is 0 Å². The zero-order chi connectivity index (χ0) is 13.1. The van der Waals surface area contributed by atoms with Crippen LogP contribution in [0.15, 0.2) is 36.7 Å². The summed E-state index contributed by atoms with van der Waals surface area (Å²) in [7, 11) is 0. The molecule has 0 bridgehead atoms. The monoisotopic (exact) mass is 357 g/mol. The second kappa shape index (κ2) is 5.30. The molecule has 1 aromatic carbocycles. The number of aromatic nitrogens is 1. The highest BCUT2D eigenvalue weighted by Crippen LogP contribution is 2.28. The van der Waals surface area contributed by atoms with Gasteiger partial charge in [0.15, 0.2) is 11.6 Å². The summed E-state index contributed by atoms with van der Waals surface area (Å²) in [6, 6.07) is 5.77. The van der Waals surface area contributed by atoms with Gasteiger partial charge in [-0.15, -0.1) is 0 Å². The van der Waals surface area contributed by atoms with Crippen LogP contribution in [-0.2, 0) is 0 Å². The van der Waals surface area contributed by atoms with Crippen LogP contribution in [-0.4, -0.2) is 8.70 Å². The summed E-state index contributed by atoms with van der Waals surface area (Å²) in [6.45, 7) is 0. The molecule has 0 aliphatic rings. The van der Waals surface area contributed by atoms with E-state index in [2.05, 4.69) is 4.98 Å². The molecule has 0 saturated heterocycles. The minimum absolute atomic E-state index is 0.0642. The summed E-state index contributed by atoms with van der Waals surface area (Å²) in [5, 5.41) is 7.58. The van der Waals surface area contributed by atoms with Crippen molar-refractivity contribution in [3.05, 3.63) is 48.0 Å². The summed E-state index contributed by atoms with van der Waals surface area (Å²) in [5.74, 6) is -0.0971. The Morgan fingerprint density at radius 1 is 1.33 bits per heavy atom. The number of hydrogen-bond donors (Lipinski definition) is 2. The third kappa shape index (κ3) is 2.76. The maximum absolute atomic E-state index is 13.6. The summed E-state index contributed by atoms with van der Waals surface area (Å²) >= 11 is 1.84. The average Bonchev–Trinajstić information content (AvgIpc) is 2.33. The average molecular weight is 357 g/mol. The van der Waals surface area contributed by atoms with Crippen LogP contribution in [0.2, 0.25) is 0 Å². The number of pyridine rings is 1. The molecule has 4 nitrogen and oxygen atoms in total. The van der Waals surface area contributed by atoms with Crippen molar-refractivity contribution in [3.63, 3.8) is 0 Å². The number of hydrogen-bond acceptors (Lipinski definition) is 4. The lowest BCUT2D eigenvalue weighted by atomic mass is 10.2. The van der Waals surface area contributed by atoms with E-state index in [-0.39, 0.29) is 9.47 Å². The Bertz CT molecular complexity index is 604. The molecule has 3 N–H and O–H groups in total. The molecule has 6 heteroatoms. The fourth-order valence-electron chi connectivity index (χ4n) is 1.35. The standard InChI is InChI=1S/C12H9FIN3O/c13-9-5-7(15)1-2-11(9)18-10-3-4-17-6-8(10)12(14)16/h1-6,16H,15H2. The summed E-state index contributed by atoms with van der Waals surface area (Å²) in [5.41, 5.74) is 6.30. The number of nitrogen functional groups attached to an aromatic ring is 1. The van der Waals surface area contributed by atoms with Gasteiger partial charge in [-0.1, -0.05) is 0 Å². The van der Waals surface area contributed by atoms with Crippen molar-refractivity contribution in [2.75, 3.05) is 5.73 Å². The van der Waals surface area contributed by atoms with Crippen LogP contribution in [0.1, 0.15) is 5.56 Å². The molecule has 18 heavy (non-hydrogen) atoms. The molecule has 0 aliphatic carbocycles. The number of nitrogens with zero attached hydrogens (tertiary/aromatic N) is 1. The number of nitrogens with two attached hydrogens (primary N) is 1. The van der Waals surface area contributed by atoms with Crippen LogP contribution in [0.3, 0.4) is 0 Å². The van der Waals surface area contributed by atoms with Crippen molar-refractivity contribution in [2.24, 2.45) is 0 Å². The Kier molecular flexibility index (Phi) is 3.75. The molecule has 92 valence electrons. The molecule has 0 radical (unpaired) electrons. The van der Waals surface area contributed by atoms with Gasteiger partial charge in [0.1, 0.15) is 9.47 Å². The molecule has 0 aliphatic heterocycles. The Balaban J connectivity index is 2.37. The van der Waals surface area contributed by atoms with E-state index in [4.69, 9.17) is 15.9 Å². The SMILES string of the molecule is N=C(I)c1cnccc1Oc1ccc(N)cc1F. The Hall–Kier alpha value is -1.70. The van der Waals surface area contributed by atoms with E-state index >= 15 is 0 Å². The van der Waals surface area contributed by atoms with E-state index in [1.165, 1.54) is 24.5 Å². The smallest absolute Gasteiger partial charge is 0.167 e. The van der Waals surface area contributed by atoms with Crippen molar-refractivity contribution < 1.29 is 9.13 Å². The van der Waals surface area contributed by atoms with Gasteiger partial charge < -0.3 is 10.5 Å². The van der Waals surface area contributed by atoms with Gasteiger partial charge in [0, 0.05) is 24.1 Å². The normalized spacial score (nSPS) is 10.1. The molecule has 0 fully saturated rings. The van der Waals surface area contributed by atoms with Gasteiger partial charge in [-0.25, -0.2) is 4.39 Å². The lowest BCUT2D eigenvalue weighted by Gasteiger charge is -2.10. The van der Waals surface area contributed by atoms with Crippen molar-refractivity contribution in [3.8, 4) is 11.5 Å². The van der Waals surface area contributed by atoms with E-state index in [0.29, 0.717) is 17.0 Å². The quantitative estimate of drug-likeness (QED) is 0.503. The van der Waals surface area contributed by atoms with E-state index in [1.54, 1.807) is 12.1 Å². The van der Waals surface area contributed by atoms with Gasteiger partial charge in [-0.3, -0.25) is 10.4 Å². The zero-order valence-electron chi connectivity index (χ0n) is 9.15. The van der Waals surface area contributed by atoms with Crippen LogP contribution in [0.25, 0.3) is 0 Å². The maximum atomic E-state index is 13.6. The molecular formula is C12H9FIN3O. The third-order valence-electron chi connectivity index (χ3n) is 2.19. The Morgan fingerprint density at radius 2 is 2.11 bits per heavy atom. The number of rotatable bonds is 3. The molecule has 0 unspecified atom stereocenters. The highest BCUT2D eigenvalue weighted by atomic mass is 127. The lowest BCUT2D eigenvalue weighted by molar-refractivity contribution is 0.441. The van der Waals surface area contributed by atoms with Crippen LogP contribution < -0.4 is 10.5 Å². The summed E-state index contributed by atoms with van der Waals surface area (Å²) < 4.78 is 19.3. The van der Waals surface area contributed by atoms with Crippen molar-refractivity contribution >= 4 is 32.0 Å². The minimum atomic E-state index is -0.544. The number of anilines is 1. The number of ether oxygens (including phenoxy) is 1. The second-order valence-electron chi connectivity index (χ2n) is 3.48. The number of nitrogens with one attached hydrogen (secondary N) is 1. The molecule has 0 amide bonds. The lowest BCUT2D eigenvalue weighted by Crippen LogP contribution is -1.97. The van der Waals surface area contributed by atoms with Crippen LogP contribution in [0.5, 0.6) is 11.5 Å². The first-order chi connectivity index (χ1) is 8.58. The van der Waals surface area contributed by atoms with Gasteiger partial charge >= 0.3 is 0 Å². The minimum Gasteiger partial charge on any atom is -0.453 e. The first-order valence-electron chi connectivity index (χ1n) is 4.99. The van der Waals surface area contributed by atoms with Crippen LogP contribution in [0, 0.1) is 11.2 Å². The molecule has 0 spiro atoms. The van der Waals surface area contributed by atoms with E-state index in [1.807, 2.05) is 22.6 Å². The molecule has 2 aromatic rings. The summed E-state index contributed by atoms with van der Waals surface area (Å²) in [6.07, 6.45) is 3.02. The molecule has 1 aromatic heterocycles. The number of halogens is 2. The van der Waals surface area contributed by atoms with Gasteiger partial charge in [0.05, 0.1) is 5.56 Å². The Labute approximate surface area is 117 Å². The van der Waals surface area contributed by atoms with Crippen LogP contribution in [0.4, 0.5) is 10.1 Å². The van der Waals surface area contributed by atoms with Gasteiger partial charge in [0.25, 0.3) is 0 Å². The second-order valence-corrected chi connectivity index (χ2v) is 4.56. The third-order valence-corrected chi connectivity index (χ3v) is 2.77. The first kappa shape index (κ1) is 12.7. The number of benzene rings is 1. The van der Waals surface area contributed by atoms with Gasteiger partial charge in [-0.2, -0.15) is 0 Å². The van der Waals surface area contributed by atoms with E-state index in [9.17, 15) is 4.39 Å². The highest BCUT2D eigenvalue weighted by molar-refractivity contribution is 14.1.